The molecular weight excluding hydrogens is 446 g/mol. The fourth-order valence-electron chi connectivity index (χ4n) is 4.14. The largest absolute Gasteiger partial charge is 1.00 e. The lowest BCUT2D eigenvalue weighted by Gasteiger charge is -2.23. The summed E-state index contributed by atoms with van der Waals surface area (Å²) in [6.07, 6.45) is 29.7. The highest BCUT2D eigenvalue weighted by Gasteiger charge is 2.29. The third-order valence-electron chi connectivity index (χ3n) is 6.50. The second-order valence-corrected chi connectivity index (χ2v) is 13.3. The average molecular weight is 499 g/mol. The molecule has 0 radical (unpaired) electrons. The van der Waals surface area contributed by atoms with Gasteiger partial charge < -0.3 is 24.0 Å². The molecule has 0 aromatic heterocycles. The van der Waals surface area contributed by atoms with E-state index in [-0.39, 0.29) is 24.0 Å². The van der Waals surface area contributed by atoms with Gasteiger partial charge in [-0.2, -0.15) is 0 Å². The van der Waals surface area contributed by atoms with Crippen molar-refractivity contribution in [1.29, 1.82) is 0 Å². The number of unbranched alkanes of at least 4 members (excludes halogenated alkanes) is 15. The zero-order chi connectivity index (χ0) is 18.6. The van der Waals surface area contributed by atoms with Gasteiger partial charge in [0.1, 0.15) is 0 Å². The Bertz CT molecular complexity index is 242. The first-order valence-corrected chi connectivity index (χ1v) is 14.6. The zero-order valence-corrected chi connectivity index (χ0v) is 22.0. The van der Waals surface area contributed by atoms with Crippen LogP contribution in [-0.2, 0) is 0 Å². The van der Waals surface area contributed by atoms with E-state index in [0.717, 1.165) is 0 Å². The maximum atomic E-state index is 2.44. The Hall–Kier alpha value is 1.16. The van der Waals surface area contributed by atoms with Crippen molar-refractivity contribution in [1.82, 2.24) is 0 Å². The van der Waals surface area contributed by atoms with Gasteiger partial charge in [0.25, 0.3) is 0 Å². The second-order valence-electron chi connectivity index (χ2n) is 8.32. The molecule has 0 N–H and O–H groups in total. The summed E-state index contributed by atoms with van der Waals surface area (Å²) < 4.78 is 0. The molecule has 0 aliphatic heterocycles. The van der Waals surface area contributed by atoms with Crippen molar-refractivity contribution in [2.75, 3.05) is 24.6 Å². The fraction of sp³-hybridized carbons (Fsp3) is 1.00. The molecule has 2 heteroatoms. The van der Waals surface area contributed by atoms with Gasteiger partial charge in [-0.25, -0.2) is 0 Å². The Morgan fingerprint density at radius 2 is 0.654 bits per heavy atom. The van der Waals surface area contributed by atoms with Crippen LogP contribution in [0, 0.1) is 0 Å². The number of halogens is 1. The molecule has 26 heavy (non-hydrogen) atoms. The number of hydrogen-bond donors (Lipinski definition) is 0. The van der Waals surface area contributed by atoms with E-state index in [9.17, 15) is 0 Å². The summed E-state index contributed by atoms with van der Waals surface area (Å²) in [6, 6.07) is 0. The summed E-state index contributed by atoms with van der Waals surface area (Å²) in [4.78, 5) is 0. The van der Waals surface area contributed by atoms with Crippen LogP contribution < -0.4 is 24.0 Å². The average Bonchev–Trinajstić information content (AvgIpc) is 2.65. The molecule has 0 spiro atoms. The van der Waals surface area contributed by atoms with Gasteiger partial charge in [0.2, 0.25) is 0 Å². The Morgan fingerprint density at radius 1 is 0.385 bits per heavy atom. The third-order valence-corrected chi connectivity index (χ3v) is 11.8. The van der Waals surface area contributed by atoms with Crippen LogP contribution in [0.25, 0.3) is 0 Å². The van der Waals surface area contributed by atoms with Crippen LogP contribution in [0.1, 0.15) is 130 Å². The van der Waals surface area contributed by atoms with Gasteiger partial charge in [0, 0.05) is 7.26 Å². The summed E-state index contributed by atoms with van der Waals surface area (Å²) in [5.41, 5.74) is 0. The van der Waals surface area contributed by atoms with Crippen molar-refractivity contribution in [2.24, 2.45) is 0 Å². The van der Waals surface area contributed by atoms with Crippen molar-refractivity contribution < 1.29 is 24.0 Å². The van der Waals surface area contributed by atoms with E-state index in [1.807, 2.05) is 0 Å². The van der Waals surface area contributed by atoms with Crippen molar-refractivity contribution in [3.05, 3.63) is 0 Å². The van der Waals surface area contributed by atoms with Gasteiger partial charge in [0.15, 0.2) is 0 Å². The maximum Gasteiger partial charge on any atom is 0.0594 e. The second kappa shape index (κ2) is 22.4. The molecule has 160 valence electrons. The normalized spacial score (nSPS) is 11.5. The Kier molecular flexibility index (Phi) is 25.4. The van der Waals surface area contributed by atoms with Crippen LogP contribution in [0.4, 0.5) is 0 Å². The molecule has 0 aliphatic carbocycles. The van der Waals surface area contributed by atoms with E-state index in [4.69, 9.17) is 0 Å². The molecule has 0 amide bonds. The highest BCUT2D eigenvalue weighted by molar-refractivity contribution is 7.75. The zero-order valence-electron chi connectivity index (χ0n) is 19.0. The lowest BCUT2D eigenvalue weighted by molar-refractivity contribution is -0.00000575. The minimum Gasteiger partial charge on any atom is -1.00 e. The molecule has 0 saturated carbocycles. The first-order chi connectivity index (χ1) is 12.2. The third kappa shape index (κ3) is 17.3. The molecule has 0 rings (SSSR count). The SMILES string of the molecule is CCCCCCCCCCCCCCCCCC[P+](CC)(CC)CC.[I-]. The molecule has 0 saturated heterocycles. The monoisotopic (exact) mass is 498 g/mol. The summed E-state index contributed by atoms with van der Waals surface area (Å²) in [6.45, 7) is 9.62. The van der Waals surface area contributed by atoms with Crippen LogP contribution >= 0.6 is 7.26 Å². The van der Waals surface area contributed by atoms with Gasteiger partial charge in [-0.15, -0.1) is 0 Å². The summed E-state index contributed by atoms with van der Waals surface area (Å²) >= 11 is 0. The molecule has 0 aromatic carbocycles. The van der Waals surface area contributed by atoms with Gasteiger partial charge in [0.05, 0.1) is 24.6 Å². The standard InChI is InChI=1S/C24H52P.HI/c1-5-9-10-11-12-13-14-15-16-17-18-19-20-21-22-23-24-25(6-2,7-3)8-4;/h5-24H2,1-4H3;1H/q+1;/p-1. The van der Waals surface area contributed by atoms with Crippen molar-refractivity contribution in [3.63, 3.8) is 0 Å². The van der Waals surface area contributed by atoms with Gasteiger partial charge in [-0.3, -0.25) is 0 Å². The van der Waals surface area contributed by atoms with E-state index in [0.29, 0.717) is 0 Å². The quantitative estimate of drug-likeness (QED) is 0.105. The summed E-state index contributed by atoms with van der Waals surface area (Å²) in [5.74, 6) is 0. The van der Waals surface area contributed by atoms with Gasteiger partial charge in [-0.1, -0.05) is 96.8 Å². The summed E-state index contributed by atoms with van der Waals surface area (Å²) in [5, 5.41) is 0. The van der Waals surface area contributed by atoms with Crippen LogP contribution in [0.15, 0.2) is 0 Å². The Morgan fingerprint density at radius 3 is 0.923 bits per heavy atom. The molecule has 0 aliphatic rings. The topological polar surface area (TPSA) is 0 Å². The van der Waals surface area contributed by atoms with Crippen LogP contribution in [0.5, 0.6) is 0 Å². The molecule has 0 fully saturated rings. The molecule has 0 bridgehead atoms. The first kappa shape index (κ1) is 29.4. The van der Waals surface area contributed by atoms with Crippen molar-refractivity contribution in [3.8, 4) is 0 Å². The minimum absolute atomic E-state index is 0. The highest BCUT2D eigenvalue weighted by atomic mass is 127. The minimum atomic E-state index is -0.527. The van der Waals surface area contributed by atoms with E-state index in [1.54, 1.807) is 6.16 Å². The smallest absolute Gasteiger partial charge is 0.0594 e. The number of hydrogen-bond acceptors (Lipinski definition) is 0. The first-order valence-electron chi connectivity index (χ1n) is 12.1. The lowest BCUT2D eigenvalue weighted by Crippen LogP contribution is -3.00. The summed E-state index contributed by atoms with van der Waals surface area (Å²) in [7, 11) is -0.527. The molecule has 0 heterocycles. The Labute approximate surface area is 185 Å². The predicted molar refractivity (Wildman–Crippen MR) is 123 cm³/mol. The van der Waals surface area contributed by atoms with Gasteiger partial charge >= 0.3 is 0 Å². The van der Waals surface area contributed by atoms with Crippen LogP contribution in [-0.4, -0.2) is 24.6 Å². The maximum absolute atomic E-state index is 2.44. The molecule has 0 nitrogen and oxygen atoms in total. The van der Waals surface area contributed by atoms with Gasteiger partial charge in [-0.05, 0) is 33.6 Å². The predicted octanol–water partition coefficient (Wildman–Crippen LogP) is 6.33. The molecule has 0 atom stereocenters. The molecule has 0 aromatic rings. The van der Waals surface area contributed by atoms with E-state index < -0.39 is 7.26 Å². The molecular formula is C24H52IP. The highest BCUT2D eigenvalue weighted by Crippen LogP contribution is 2.58. The van der Waals surface area contributed by atoms with Crippen molar-refractivity contribution >= 4 is 7.26 Å². The van der Waals surface area contributed by atoms with E-state index >= 15 is 0 Å². The number of rotatable bonds is 20. The fourth-order valence-corrected chi connectivity index (χ4v) is 7.33. The van der Waals surface area contributed by atoms with E-state index in [2.05, 4.69) is 27.7 Å². The van der Waals surface area contributed by atoms with E-state index in [1.165, 1.54) is 121 Å². The Balaban J connectivity index is 0. The van der Waals surface area contributed by atoms with Crippen molar-refractivity contribution in [2.45, 2.75) is 130 Å². The molecule has 0 unspecified atom stereocenters. The van der Waals surface area contributed by atoms with Crippen LogP contribution in [0.2, 0.25) is 0 Å². The lowest BCUT2D eigenvalue weighted by atomic mass is 10.0. The van der Waals surface area contributed by atoms with Crippen LogP contribution in [0.3, 0.4) is 0 Å².